The Morgan fingerprint density at radius 2 is 1.62 bits per heavy atom. The second-order valence-corrected chi connectivity index (χ2v) is 7.59. The largest absolute Gasteiger partial charge is 0.293 e. The molecule has 1 heterocycles. The predicted molar refractivity (Wildman–Crippen MR) is 118 cm³/mol. The van der Waals surface area contributed by atoms with Crippen molar-refractivity contribution in [3.63, 3.8) is 0 Å². The molecule has 0 unspecified atom stereocenters. The minimum atomic E-state index is -0.130. The van der Waals surface area contributed by atoms with E-state index < -0.39 is 0 Å². The molecule has 0 saturated carbocycles. The van der Waals surface area contributed by atoms with Crippen LogP contribution in [-0.2, 0) is 6.42 Å². The van der Waals surface area contributed by atoms with Crippen molar-refractivity contribution in [3.05, 3.63) is 100 Å². The molecule has 144 valence electrons. The number of carbonyl (C=O) groups excluding carboxylic acids is 1. The molecule has 0 atom stereocenters. The molecule has 0 bridgehead atoms. The second kappa shape index (κ2) is 8.45. The molecule has 0 spiro atoms. The van der Waals surface area contributed by atoms with Crippen molar-refractivity contribution in [2.24, 2.45) is 0 Å². The van der Waals surface area contributed by atoms with Gasteiger partial charge in [-0.25, -0.2) is 4.98 Å². The number of benzene rings is 3. The number of aryl methyl sites for hydroxylation is 1. The van der Waals surface area contributed by atoms with Crippen LogP contribution in [0.1, 0.15) is 22.8 Å². The van der Waals surface area contributed by atoms with Gasteiger partial charge in [0.1, 0.15) is 0 Å². The highest BCUT2D eigenvalue weighted by atomic mass is 32.2. The highest BCUT2D eigenvalue weighted by Crippen LogP contribution is 2.22. The number of rotatable bonds is 6. The molecule has 0 N–H and O–H groups in total. The van der Waals surface area contributed by atoms with Gasteiger partial charge in [0.15, 0.2) is 10.9 Å². The number of fused-ring (bicyclic) bond motifs is 1. The van der Waals surface area contributed by atoms with E-state index >= 15 is 0 Å². The summed E-state index contributed by atoms with van der Waals surface area (Å²) in [6.07, 6.45) is 0.929. The Morgan fingerprint density at radius 3 is 2.34 bits per heavy atom. The number of carbonyl (C=O) groups is 1. The van der Waals surface area contributed by atoms with Crippen LogP contribution in [0.25, 0.3) is 16.6 Å². The average molecular weight is 401 g/mol. The van der Waals surface area contributed by atoms with Gasteiger partial charge in [0.05, 0.1) is 22.3 Å². The number of hydrogen-bond donors (Lipinski definition) is 0. The fourth-order valence-corrected chi connectivity index (χ4v) is 4.06. The molecular formula is C24H20N2O2S. The zero-order valence-electron chi connectivity index (χ0n) is 16.0. The summed E-state index contributed by atoms with van der Waals surface area (Å²) in [5.74, 6) is 0.216. The van der Waals surface area contributed by atoms with Crippen LogP contribution in [-0.4, -0.2) is 21.1 Å². The number of nitrogens with zero attached hydrogens (tertiary/aromatic N) is 2. The van der Waals surface area contributed by atoms with Crippen molar-refractivity contribution in [1.82, 2.24) is 9.55 Å². The van der Waals surface area contributed by atoms with Crippen LogP contribution in [0.15, 0.2) is 88.8 Å². The minimum absolute atomic E-state index is 0.00545. The smallest absolute Gasteiger partial charge is 0.266 e. The first-order chi connectivity index (χ1) is 14.2. The Hall–Kier alpha value is -3.18. The van der Waals surface area contributed by atoms with E-state index in [0.717, 1.165) is 12.1 Å². The average Bonchev–Trinajstić information content (AvgIpc) is 2.78. The van der Waals surface area contributed by atoms with E-state index in [1.54, 1.807) is 22.8 Å². The molecule has 5 heteroatoms. The van der Waals surface area contributed by atoms with Gasteiger partial charge in [0.25, 0.3) is 5.56 Å². The lowest BCUT2D eigenvalue weighted by atomic mass is 10.1. The molecular weight excluding hydrogens is 380 g/mol. The van der Waals surface area contributed by atoms with Crippen LogP contribution in [0, 0.1) is 0 Å². The summed E-state index contributed by atoms with van der Waals surface area (Å²) in [5.41, 5.74) is 3.11. The molecule has 4 rings (SSSR count). The first-order valence-electron chi connectivity index (χ1n) is 9.49. The number of ketones is 1. The SMILES string of the molecule is CCc1ccc(-n2c(SCC(=O)c3ccccc3)nc3ccccc3c2=O)cc1. The van der Waals surface area contributed by atoms with Crippen molar-refractivity contribution in [3.8, 4) is 5.69 Å². The molecule has 4 nitrogen and oxygen atoms in total. The maximum atomic E-state index is 13.2. The van der Waals surface area contributed by atoms with Gasteiger partial charge in [-0.3, -0.25) is 14.2 Å². The van der Waals surface area contributed by atoms with Crippen LogP contribution in [0.5, 0.6) is 0 Å². The number of thioether (sulfide) groups is 1. The summed E-state index contributed by atoms with van der Waals surface area (Å²) in [5, 5.41) is 1.08. The number of para-hydroxylation sites is 1. The van der Waals surface area contributed by atoms with E-state index in [1.807, 2.05) is 60.7 Å². The van der Waals surface area contributed by atoms with Gasteiger partial charge in [-0.15, -0.1) is 0 Å². The van der Waals surface area contributed by atoms with Crippen molar-refractivity contribution >= 4 is 28.4 Å². The summed E-state index contributed by atoms with van der Waals surface area (Å²) in [4.78, 5) is 30.5. The Kier molecular flexibility index (Phi) is 5.58. The Labute approximate surface area is 173 Å². The standard InChI is InChI=1S/C24H20N2O2S/c1-2-17-12-14-19(15-13-17)26-23(28)20-10-6-7-11-21(20)25-24(26)29-16-22(27)18-8-4-3-5-9-18/h3-15H,2,16H2,1H3. The lowest BCUT2D eigenvalue weighted by Gasteiger charge is -2.13. The first-order valence-corrected chi connectivity index (χ1v) is 10.5. The molecule has 29 heavy (non-hydrogen) atoms. The molecule has 0 aliphatic carbocycles. The number of Topliss-reactive ketones (excluding diaryl/α,β-unsaturated/α-hetero) is 1. The minimum Gasteiger partial charge on any atom is -0.293 e. The summed E-state index contributed by atoms with van der Waals surface area (Å²) in [6.45, 7) is 2.09. The van der Waals surface area contributed by atoms with Crippen LogP contribution in [0.2, 0.25) is 0 Å². The van der Waals surface area contributed by atoms with Crippen molar-refractivity contribution in [2.75, 3.05) is 5.75 Å². The van der Waals surface area contributed by atoms with E-state index in [-0.39, 0.29) is 17.1 Å². The Morgan fingerprint density at radius 1 is 0.931 bits per heavy atom. The fraction of sp³-hybridized carbons (Fsp3) is 0.125. The summed E-state index contributed by atoms with van der Waals surface area (Å²) in [6, 6.07) is 24.4. The third-order valence-electron chi connectivity index (χ3n) is 4.78. The van der Waals surface area contributed by atoms with E-state index in [2.05, 4.69) is 6.92 Å². The van der Waals surface area contributed by atoms with E-state index in [9.17, 15) is 9.59 Å². The maximum absolute atomic E-state index is 13.2. The quantitative estimate of drug-likeness (QED) is 0.262. The molecule has 3 aromatic carbocycles. The lowest BCUT2D eigenvalue weighted by Crippen LogP contribution is -2.22. The van der Waals surface area contributed by atoms with Gasteiger partial charge in [0, 0.05) is 5.56 Å². The van der Waals surface area contributed by atoms with Gasteiger partial charge in [-0.2, -0.15) is 0 Å². The van der Waals surface area contributed by atoms with Crippen LogP contribution in [0.4, 0.5) is 0 Å². The third kappa shape index (κ3) is 4.00. The monoisotopic (exact) mass is 400 g/mol. The van der Waals surface area contributed by atoms with E-state index in [4.69, 9.17) is 4.98 Å². The number of hydrogen-bond acceptors (Lipinski definition) is 4. The topological polar surface area (TPSA) is 52.0 Å². The zero-order valence-corrected chi connectivity index (χ0v) is 16.9. The lowest BCUT2D eigenvalue weighted by molar-refractivity contribution is 0.102. The normalized spacial score (nSPS) is 10.9. The highest BCUT2D eigenvalue weighted by molar-refractivity contribution is 7.99. The molecule has 4 aromatic rings. The molecule has 1 aromatic heterocycles. The van der Waals surface area contributed by atoms with Crippen molar-refractivity contribution < 1.29 is 4.79 Å². The Bertz CT molecular complexity index is 1220. The molecule has 0 radical (unpaired) electrons. The van der Waals surface area contributed by atoms with Crippen molar-refractivity contribution in [2.45, 2.75) is 18.5 Å². The molecule has 0 amide bonds. The first kappa shape index (κ1) is 19.2. The number of aromatic nitrogens is 2. The third-order valence-corrected chi connectivity index (χ3v) is 5.71. The maximum Gasteiger partial charge on any atom is 0.266 e. The second-order valence-electron chi connectivity index (χ2n) is 6.65. The summed E-state index contributed by atoms with van der Waals surface area (Å²) >= 11 is 1.29. The fourth-order valence-electron chi connectivity index (χ4n) is 3.16. The summed E-state index contributed by atoms with van der Waals surface area (Å²) in [7, 11) is 0. The molecule has 0 aliphatic heterocycles. The van der Waals surface area contributed by atoms with Gasteiger partial charge in [-0.05, 0) is 36.2 Å². The molecule has 0 fully saturated rings. The highest BCUT2D eigenvalue weighted by Gasteiger charge is 2.15. The predicted octanol–water partition coefficient (Wildman–Crippen LogP) is 4.92. The van der Waals surface area contributed by atoms with E-state index in [1.165, 1.54) is 17.3 Å². The van der Waals surface area contributed by atoms with Gasteiger partial charge >= 0.3 is 0 Å². The van der Waals surface area contributed by atoms with E-state index in [0.29, 0.717) is 21.6 Å². The molecule has 0 aliphatic rings. The summed E-state index contributed by atoms with van der Waals surface area (Å²) < 4.78 is 1.60. The Balaban J connectivity index is 1.76. The molecule has 0 saturated heterocycles. The van der Waals surface area contributed by atoms with Crippen LogP contribution >= 0.6 is 11.8 Å². The van der Waals surface area contributed by atoms with Gasteiger partial charge < -0.3 is 0 Å². The van der Waals surface area contributed by atoms with Crippen LogP contribution < -0.4 is 5.56 Å². The van der Waals surface area contributed by atoms with Gasteiger partial charge in [-0.1, -0.05) is 73.3 Å². The van der Waals surface area contributed by atoms with Crippen molar-refractivity contribution in [1.29, 1.82) is 0 Å². The van der Waals surface area contributed by atoms with Crippen LogP contribution in [0.3, 0.4) is 0 Å². The van der Waals surface area contributed by atoms with Gasteiger partial charge in [0.2, 0.25) is 0 Å². The zero-order chi connectivity index (χ0) is 20.2.